The highest BCUT2D eigenvalue weighted by molar-refractivity contribution is 5.23. The number of aromatic nitrogens is 2. The smallest absolute Gasteiger partial charge is 0.0642 e. The zero-order valence-corrected chi connectivity index (χ0v) is 8.96. The molecule has 0 saturated heterocycles. The minimum atomic E-state index is 0.780. The average Bonchev–Trinajstić information content (AvgIpc) is 2.32. The second-order valence-corrected chi connectivity index (χ2v) is 3.24. The van der Waals surface area contributed by atoms with Crippen LogP contribution >= 0.6 is 0 Å². The van der Waals surface area contributed by atoms with Crippen molar-refractivity contribution >= 4 is 0 Å². The highest BCUT2D eigenvalue weighted by Crippen LogP contribution is 2.13. The van der Waals surface area contributed by atoms with Crippen LogP contribution in [0.25, 0.3) is 0 Å². The molecule has 1 aromatic rings. The predicted molar refractivity (Wildman–Crippen MR) is 51.2 cm³/mol. The Labute approximate surface area is 79.1 Å². The Hall–Kier alpha value is -0.870. The van der Waals surface area contributed by atoms with E-state index in [4.69, 9.17) is 4.84 Å². The van der Waals surface area contributed by atoms with Gasteiger partial charge in [-0.3, -0.25) is 4.68 Å². The summed E-state index contributed by atoms with van der Waals surface area (Å²) in [6.07, 6.45) is 0. The fourth-order valence-electron chi connectivity index (χ4n) is 1.33. The lowest BCUT2D eigenvalue weighted by molar-refractivity contribution is -0.116. The molecule has 1 aromatic heterocycles. The van der Waals surface area contributed by atoms with Crippen molar-refractivity contribution < 1.29 is 4.84 Å². The zero-order valence-electron chi connectivity index (χ0n) is 8.96. The third-order valence-electron chi connectivity index (χ3n) is 2.35. The summed E-state index contributed by atoms with van der Waals surface area (Å²) in [6, 6.07) is 0. The summed E-state index contributed by atoms with van der Waals surface area (Å²) in [7, 11) is 5.53. The van der Waals surface area contributed by atoms with E-state index in [0.717, 1.165) is 12.2 Å². The van der Waals surface area contributed by atoms with E-state index >= 15 is 0 Å². The Kier molecular flexibility index (Phi) is 3.06. The first kappa shape index (κ1) is 10.2. The van der Waals surface area contributed by atoms with Crippen LogP contribution in [0.15, 0.2) is 0 Å². The first-order chi connectivity index (χ1) is 6.06. The van der Waals surface area contributed by atoms with Crippen molar-refractivity contribution in [1.29, 1.82) is 0 Å². The summed E-state index contributed by atoms with van der Waals surface area (Å²) < 4.78 is 1.90. The topological polar surface area (TPSA) is 30.3 Å². The molecule has 0 aliphatic heterocycles. The fraction of sp³-hybridized carbons (Fsp3) is 0.667. The van der Waals surface area contributed by atoms with Gasteiger partial charge in [-0.2, -0.15) is 10.2 Å². The lowest BCUT2D eigenvalue weighted by Crippen LogP contribution is -2.16. The number of hydrogen-bond acceptors (Lipinski definition) is 3. The van der Waals surface area contributed by atoms with Gasteiger partial charge >= 0.3 is 0 Å². The number of nitrogens with zero attached hydrogens (tertiary/aromatic N) is 3. The van der Waals surface area contributed by atoms with Crippen molar-refractivity contribution in [2.75, 3.05) is 14.2 Å². The molecule has 74 valence electrons. The quantitative estimate of drug-likeness (QED) is 0.656. The lowest BCUT2D eigenvalue weighted by Gasteiger charge is -2.13. The number of hydrogen-bond donors (Lipinski definition) is 0. The van der Waals surface area contributed by atoms with Crippen molar-refractivity contribution in [3.8, 4) is 0 Å². The van der Waals surface area contributed by atoms with Crippen LogP contribution in [0.5, 0.6) is 0 Å². The highest BCUT2D eigenvalue weighted by Gasteiger charge is 2.10. The summed E-state index contributed by atoms with van der Waals surface area (Å²) in [6.45, 7) is 4.87. The molecular weight excluding hydrogens is 166 g/mol. The van der Waals surface area contributed by atoms with Gasteiger partial charge in [0.2, 0.25) is 0 Å². The Morgan fingerprint density at radius 3 is 2.46 bits per heavy atom. The fourth-order valence-corrected chi connectivity index (χ4v) is 1.33. The second-order valence-electron chi connectivity index (χ2n) is 3.24. The van der Waals surface area contributed by atoms with Gasteiger partial charge in [0.05, 0.1) is 19.3 Å². The van der Waals surface area contributed by atoms with Gasteiger partial charge in [-0.05, 0) is 13.8 Å². The van der Waals surface area contributed by atoms with Gasteiger partial charge in [-0.15, -0.1) is 0 Å². The van der Waals surface area contributed by atoms with E-state index in [1.807, 2.05) is 25.7 Å². The Bertz CT molecular complexity index is 293. The van der Waals surface area contributed by atoms with Gasteiger partial charge < -0.3 is 4.84 Å². The van der Waals surface area contributed by atoms with E-state index in [1.54, 1.807) is 12.2 Å². The molecule has 0 amide bonds. The third-order valence-corrected chi connectivity index (χ3v) is 2.35. The van der Waals surface area contributed by atoms with Crippen LogP contribution in [0, 0.1) is 13.8 Å². The molecule has 0 spiro atoms. The van der Waals surface area contributed by atoms with Crippen LogP contribution in [-0.4, -0.2) is 29.0 Å². The van der Waals surface area contributed by atoms with Crippen LogP contribution in [0.1, 0.15) is 17.0 Å². The molecular formula is C9H17N3O. The van der Waals surface area contributed by atoms with Crippen LogP contribution in [0.3, 0.4) is 0 Å². The van der Waals surface area contributed by atoms with Gasteiger partial charge in [0.25, 0.3) is 0 Å². The minimum Gasteiger partial charge on any atom is -0.302 e. The standard InChI is InChI=1S/C9H17N3O/c1-7-9(6-11(3)13-5)8(2)12(4)10-7/h6H2,1-5H3. The van der Waals surface area contributed by atoms with E-state index < -0.39 is 0 Å². The summed E-state index contributed by atoms with van der Waals surface area (Å²) in [5, 5.41) is 6.12. The third kappa shape index (κ3) is 2.08. The molecule has 0 unspecified atom stereocenters. The number of rotatable bonds is 3. The maximum Gasteiger partial charge on any atom is 0.0642 e. The molecule has 1 rings (SSSR count). The number of hydroxylamine groups is 2. The molecule has 0 aromatic carbocycles. The van der Waals surface area contributed by atoms with Gasteiger partial charge in [0.1, 0.15) is 0 Å². The van der Waals surface area contributed by atoms with E-state index in [9.17, 15) is 0 Å². The van der Waals surface area contributed by atoms with Crippen molar-refractivity contribution in [2.24, 2.45) is 7.05 Å². The summed E-state index contributed by atoms with van der Waals surface area (Å²) >= 11 is 0. The SMILES string of the molecule is CON(C)Cc1c(C)nn(C)c1C. The largest absolute Gasteiger partial charge is 0.302 e. The van der Waals surface area contributed by atoms with E-state index in [0.29, 0.717) is 0 Å². The maximum absolute atomic E-state index is 5.07. The monoisotopic (exact) mass is 183 g/mol. The summed E-state index contributed by atoms with van der Waals surface area (Å²) in [5.74, 6) is 0. The zero-order chi connectivity index (χ0) is 10.0. The molecule has 0 N–H and O–H groups in total. The molecule has 1 heterocycles. The molecule has 0 saturated carbocycles. The molecule has 0 bridgehead atoms. The van der Waals surface area contributed by atoms with E-state index in [1.165, 1.54) is 11.3 Å². The molecule has 0 fully saturated rings. The first-order valence-corrected chi connectivity index (χ1v) is 4.30. The molecule has 13 heavy (non-hydrogen) atoms. The molecule has 0 radical (unpaired) electrons. The van der Waals surface area contributed by atoms with Crippen molar-refractivity contribution in [2.45, 2.75) is 20.4 Å². The van der Waals surface area contributed by atoms with Crippen LogP contribution < -0.4 is 0 Å². The minimum absolute atomic E-state index is 0.780. The van der Waals surface area contributed by atoms with Crippen molar-refractivity contribution in [3.05, 3.63) is 17.0 Å². The van der Waals surface area contributed by atoms with Gasteiger partial charge in [-0.25, -0.2) is 0 Å². The Morgan fingerprint density at radius 2 is 2.08 bits per heavy atom. The molecule has 0 atom stereocenters. The molecule has 0 aliphatic carbocycles. The first-order valence-electron chi connectivity index (χ1n) is 4.30. The highest BCUT2D eigenvalue weighted by atomic mass is 16.7. The Balaban J connectivity index is 2.87. The Morgan fingerprint density at radius 1 is 1.46 bits per heavy atom. The van der Waals surface area contributed by atoms with Gasteiger partial charge in [0, 0.05) is 25.4 Å². The van der Waals surface area contributed by atoms with Gasteiger partial charge in [0.15, 0.2) is 0 Å². The van der Waals surface area contributed by atoms with E-state index in [-0.39, 0.29) is 0 Å². The van der Waals surface area contributed by atoms with E-state index in [2.05, 4.69) is 12.0 Å². The van der Waals surface area contributed by atoms with Crippen molar-refractivity contribution in [1.82, 2.24) is 14.8 Å². The lowest BCUT2D eigenvalue weighted by atomic mass is 10.2. The van der Waals surface area contributed by atoms with Crippen LogP contribution in [0.2, 0.25) is 0 Å². The summed E-state index contributed by atoms with van der Waals surface area (Å²) in [4.78, 5) is 5.07. The predicted octanol–water partition coefficient (Wildman–Crippen LogP) is 1.03. The maximum atomic E-state index is 5.07. The molecule has 0 aliphatic rings. The second kappa shape index (κ2) is 3.89. The number of aryl methyl sites for hydroxylation is 2. The summed E-state index contributed by atoms with van der Waals surface area (Å²) in [5.41, 5.74) is 3.51. The molecule has 4 nitrogen and oxygen atoms in total. The van der Waals surface area contributed by atoms with Gasteiger partial charge in [-0.1, -0.05) is 0 Å². The van der Waals surface area contributed by atoms with Crippen LogP contribution in [-0.2, 0) is 18.4 Å². The van der Waals surface area contributed by atoms with Crippen molar-refractivity contribution in [3.63, 3.8) is 0 Å². The average molecular weight is 183 g/mol. The molecule has 4 heteroatoms. The van der Waals surface area contributed by atoms with Crippen LogP contribution in [0.4, 0.5) is 0 Å². The normalized spacial score (nSPS) is 11.2.